The zero-order valence-corrected chi connectivity index (χ0v) is 9.87. The second-order valence-corrected chi connectivity index (χ2v) is 4.14. The summed E-state index contributed by atoms with van der Waals surface area (Å²) in [6.07, 6.45) is 2.38. The maximum atomic E-state index is 3.36. The Morgan fingerprint density at radius 3 is 2.62 bits per heavy atom. The number of rotatable bonds is 5. The topological polar surface area (TPSA) is 12.0 Å². The Morgan fingerprint density at radius 1 is 1.00 bits per heavy atom. The van der Waals surface area contributed by atoms with Crippen molar-refractivity contribution in [1.82, 2.24) is 5.32 Å². The molecule has 0 aliphatic heterocycles. The molecule has 84 valence electrons. The van der Waals surface area contributed by atoms with Gasteiger partial charge in [0.05, 0.1) is 0 Å². The Balaban J connectivity index is 2.02. The van der Waals surface area contributed by atoms with E-state index in [1.54, 1.807) is 0 Å². The van der Waals surface area contributed by atoms with Gasteiger partial charge in [0.25, 0.3) is 0 Å². The normalized spacial score (nSPS) is 10.8. The van der Waals surface area contributed by atoms with Gasteiger partial charge in [0.2, 0.25) is 0 Å². The summed E-state index contributed by atoms with van der Waals surface area (Å²) < 4.78 is 0. The van der Waals surface area contributed by atoms with E-state index < -0.39 is 0 Å². The molecule has 0 saturated carbocycles. The van der Waals surface area contributed by atoms with E-state index in [2.05, 4.69) is 54.7 Å². The number of fused-ring (bicyclic) bond motifs is 1. The molecule has 2 aromatic rings. The largest absolute Gasteiger partial charge is 0.317 e. The Kier molecular flexibility index (Phi) is 3.95. The van der Waals surface area contributed by atoms with E-state index >= 15 is 0 Å². The van der Waals surface area contributed by atoms with Gasteiger partial charge in [-0.05, 0) is 42.3 Å². The Morgan fingerprint density at radius 2 is 1.81 bits per heavy atom. The fourth-order valence-corrected chi connectivity index (χ4v) is 1.99. The highest BCUT2D eigenvalue weighted by atomic mass is 14.8. The SMILES string of the molecule is CCNCCCc1ccc2ccccc2c1. The molecule has 0 radical (unpaired) electrons. The highest BCUT2D eigenvalue weighted by molar-refractivity contribution is 5.82. The quantitative estimate of drug-likeness (QED) is 0.751. The molecule has 0 aromatic heterocycles. The summed E-state index contributed by atoms with van der Waals surface area (Å²) >= 11 is 0. The van der Waals surface area contributed by atoms with Crippen molar-refractivity contribution in [2.24, 2.45) is 0 Å². The van der Waals surface area contributed by atoms with E-state index in [0.29, 0.717) is 0 Å². The predicted molar refractivity (Wildman–Crippen MR) is 70.8 cm³/mol. The lowest BCUT2D eigenvalue weighted by atomic mass is 10.0. The zero-order chi connectivity index (χ0) is 11.2. The molecular weight excluding hydrogens is 194 g/mol. The summed E-state index contributed by atoms with van der Waals surface area (Å²) in [6.45, 7) is 4.33. The molecule has 2 rings (SSSR count). The molecule has 2 aromatic carbocycles. The second kappa shape index (κ2) is 5.66. The molecule has 16 heavy (non-hydrogen) atoms. The van der Waals surface area contributed by atoms with Crippen LogP contribution in [0.25, 0.3) is 10.8 Å². The first kappa shape index (κ1) is 11.2. The van der Waals surface area contributed by atoms with Crippen LogP contribution in [0.4, 0.5) is 0 Å². The molecule has 1 heteroatoms. The van der Waals surface area contributed by atoms with Crippen LogP contribution < -0.4 is 5.32 Å². The van der Waals surface area contributed by atoms with Crippen molar-refractivity contribution >= 4 is 10.8 Å². The summed E-state index contributed by atoms with van der Waals surface area (Å²) in [5.74, 6) is 0. The minimum atomic E-state index is 1.07. The van der Waals surface area contributed by atoms with Gasteiger partial charge in [-0.2, -0.15) is 0 Å². The van der Waals surface area contributed by atoms with Crippen LogP contribution in [0, 0.1) is 0 Å². The van der Waals surface area contributed by atoms with E-state index in [4.69, 9.17) is 0 Å². The van der Waals surface area contributed by atoms with E-state index in [9.17, 15) is 0 Å². The first-order valence-electron chi connectivity index (χ1n) is 6.08. The molecule has 0 amide bonds. The highest BCUT2D eigenvalue weighted by Gasteiger charge is 1.96. The van der Waals surface area contributed by atoms with Crippen molar-refractivity contribution in [2.75, 3.05) is 13.1 Å². The molecular formula is C15H19N. The van der Waals surface area contributed by atoms with E-state index in [1.807, 2.05) is 0 Å². The van der Waals surface area contributed by atoms with E-state index in [1.165, 1.54) is 22.8 Å². The summed E-state index contributed by atoms with van der Waals surface area (Å²) in [5, 5.41) is 6.04. The van der Waals surface area contributed by atoms with E-state index in [-0.39, 0.29) is 0 Å². The molecule has 0 atom stereocenters. The van der Waals surface area contributed by atoms with Gasteiger partial charge in [0.15, 0.2) is 0 Å². The molecule has 0 saturated heterocycles. The zero-order valence-electron chi connectivity index (χ0n) is 9.87. The third kappa shape index (κ3) is 2.83. The van der Waals surface area contributed by atoms with Crippen molar-refractivity contribution in [1.29, 1.82) is 0 Å². The predicted octanol–water partition coefficient (Wildman–Crippen LogP) is 3.38. The fraction of sp³-hybridized carbons (Fsp3) is 0.333. The smallest absolute Gasteiger partial charge is 0.00459 e. The molecule has 0 aliphatic rings. The van der Waals surface area contributed by atoms with Crippen molar-refractivity contribution < 1.29 is 0 Å². The minimum Gasteiger partial charge on any atom is -0.317 e. The van der Waals surface area contributed by atoms with Crippen LogP contribution in [0.2, 0.25) is 0 Å². The lowest BCUT2D eigenvalue weighted by Gasteiger charge is -2.04. The van der Waals surface area contributed by atoms with Gasteiger partial charge in [0.1, 0.15) is 0 Å². The van der Waals surface area contributed by atoms with Crippen LogP contribution in [-0.4, -0.2) is 13.1 Å². The van der Waals surface area contributed by atoms with Crippen LogP contribution in [0.1, 0.15) is 18.9 Å². The molecule has 0 unspecified atom stereocenters. The summed E-state index contributed by atoms with van der Waals surface area (Å²) in [7, 11) is 0. The molecule has 0 fully saturated rings. The molecule has 1 N–H and O–H groups in total. The monoisotopic (exact) mass is 213 g/mol. The molecule has 0 bridgehead atoms. The number of hydrogen-bond donors (Lipinski definition) is 1. The van der Waals surface area contributed by atoms with Crippen LogP contribution in [-0.2, 0) is 6.42 Å². The van der Waals surface area contributed by atoms with E-state index in [0.717, 1.165) is 19.5 Å². The maximum Gasteiger partial charge on any atom is -0.00459 e. The third-order valence-electron chi connectivity index (χ3n) is 2.88. The van der Waals surface area contributed by atoms with Crippen molar-refractivity contribution in [3.63, 3.8) is 0 Å². The average Bonchev–Trinajstić information content (AvgIpc) is 2.34. The van der Waals surface area contributed by atoms with Crippen molar-refractivity contribution in [3.05, 3.63) is 48.0 Å². The Bertz CT molecular complexity index is 448. The lowest BCUT2D eigenvalue weighted by Crippen LogP contribution is -2.14. The first-order chi connectivity index (χ1) is 7.90. The maximum absolute atomic E-state index is 3.36. The van der Waals surface area contributed by atoms with Crippen molar-refractivity contribution in [3.8, 4) is 0 Å². The van der Waals surface area contributed by atoms with Crippen LogP contribution in [0.3, 0.4) is 0 Å². The Labute approximate surface area is 97.5 Å². The standard InChI is InChI=1S/C15H19N/c1-2-16-11-5-6-13-9-10-14-7-3-4-8-15(14)12-13/h3-4,7-10,12,16H,2,5-6,11H2,1H3. The first-order valence-corrected chi connectivity index (χ1v) is 6.08. The second-order valence-electron chi connectivity index (χ2n) is 4.14. The lowest BCUT2D eigenvalue weighted by molar-refractivity contribution is 0.673. The van der Waals surface area contributed by atoms with Gasteiger partial charge in [0, 0.05) is 0 Å². The average molecular weight is 213 g/mol. The highest BCUT2D eigenvalue weighted by Crippen LogP contribution is 2.16. The molecule has 0 heterocycles. The van der Waals surface area contributed by atoms with Crippen LogP contribution in [0.5, 0.6) is 0 Å². The summed E-state index contributed by atoms with van der Waals surface area (Å²) in [4.78, 5) is 0. The van der Waals surface area contributed by atoms with Gasteiger partial charge < -0.3 is 5.32 Å². The van der Waals surface area contributed by atoms with Gasteiger partial charge in [-0.3, -0.25) is 0 Å². The number of aryl methyl sites for hydroxylation is 1. The van der Waals surface area contributed by atoms with Gasteiger partial charge in [-0.15, -0.1) is 0 Å². The Hall–Kier alpha value is -1.34. The van der Waals surface area contributed by atoms with Crippen molar-refractivity contribution in [2.45, 2.75) is 19.8 Å². The fourth-order valence-electron chi connectivity index (χ4n) is 1.99. The van der Waals surface area contributed by atoms with Gasteiger partial charge in [-0.25, -0.2) is 0 Å². The molecule has 0 aliphatic carbocycles. The third-order valence-corrected chi connectivity index (χ3v) is 2.88. The summed E-state index contributed by atoms with van der Waals surface area (Å²) in [6, 6.07) is 15.3. The molecule has 1 nitrogen and oxygen atoms in total. The minimum absolute atomic E-state index is 1.07. The number of nitrogens with one attached hydrogen (secondary N) is 1. The van der Waals surface area contributed by atoms with Crippen LogP contribution >= 0.6 is 0 Å². The number of hydrogen-bond acceptors (Lipinski definition) is 1. The molecule has 0 spiro atoms. The summed E-state index contributed by atoms with van der Waals surface area (Å²) in [5.41, 5.74) is 1.44. The number of benzene rings is 2. The van der Waals surface area contributed by atoms with Crippen LogP contribution in [0.15, 0.2) is 42.5 Å². The van der Waals surface area contributed by atoms with Gasteiger partial charge >= 0.3 is 0 Å². The van der Waals surface area contributed by atoms with Gasteiger partial charge in [-0.1, -0.05) is 49.4 Å².